The lowest BCUT2D eigenvalue weighted by Crippen LogP contribution is -2.40. The van der Waals surface area contributed by atoms with Gasteiger partial charge in [0.15, 0.2) is 0 Å². The van der Waals surface area contributed by atoms with Crippen LogP contribution < -0.4 is 16.6 Å². The largest absolute Gasteiger partial charge is 0.364 e. The van der Waals surface area contributed by atoms with Crippen molar-refractivity contribution in [1.29, 1.82) is 0 Å². The highest BCUT2D eigenvalue weighted by Crippen LogP contribution is 2.09. The third kappa shape index (κ3) is 4.83. The summed E-state index contributed by atoms with van der Waals surface area (Å²) in [5.74, 6) is 1.02. The van der Waals surface area contributed by atoms with Crippen LogP contribution in [0.4, 0.5) is 5.82 Å². The van der Waals surface area contributed by atoms with Crippen LogP contribution in [0, 0.1) is 5.92 Å². The number of nitrogens with zero attached hydrogens (tertiary/aromatic N) is 3. The maximum absolute atomic E-state index is 11.8. The lowest BCUT2D eigenvalue weighted by molar-refractivity contribution is 0.522. The molecule has 0 radical (unpaired) electrons. The van der Waals surface area contributed by atoms with Crippen molar-refractivity contribution in [2.45, 2.75) is 46.0 Å². The minimum Gasteiger partial charge on any atom is -0.364 e. The minimum absolute atomic E-state index is 0.247. The zero-order chi connectivity index (χ0) is 15.1. The predicted molar refractivity (Wildman–Crippen MR) is 81.1 cm³/mol. The molecule has 0 aliphatic carbocycles. The highest BCUT2D eigenvalue weighted by atomic mass is 16.2. The van der Waals surface area contributed by atoms with E-state index in [0.717, 1.165) is 23.3 Å². The molecule has 0 saturated carbocycles. The summed E-state index contributed by atoms with van der Waals surface area (Å²) in [7, 11) is 3.00. The van der Waals surface area contributed by atoms with E-state index in [2.05, 4.69) is 24.3 Å². The molecule has 0 unspecified atom stereocenters. The van der Waals surface area contributed by atoms with Gasteiger partial charge in [-0.2, -0.15) is 0 Å². The van der Waals surface area contributed by atoms with Gasteiger partial charge < -0.3 is 5.32 Å². The van der Waals surface area contributed by atoms with Crippen LogP contribution in [0.5, 0.6) is 0 Å². The molecule has 0 amide bonds. The predicted octanol–water partition coefficient (Wildman–Crippen LogP) is 1.50. The van der Waals surface area contributed by atoms with Crippen molar-refractivity contribution in [3.8, 4) is 0 Å². The molecule has 0 aromatic carbocycles. The molecule has 0 aliphatic heterocycles. The molecule has 0 fully saturated rings. The van der Waals surface area contributed by atoms with Crippen LogP contribution in [0.2, 0.25) is 0 Å². The molecule has 1 N–H and O–H groups in total. The normalized spacial score (nSPS) is 11.1. The summed E-state index contributed by atoms with van der Waals surface area (Å²) in [5, 5.41) is 6.97. The van der Waals surface area contributed by atoms with Crippen molar-refractivity contribution in [3.63, 3.8) is 0 Å². The Morgan fingerprint density at radius 2 is 1.75 bits per heavy atom. The first-order valence-corrected chi connectivity index (χ1v) is 7.31. The van der Waals surface area contributed by atoms with E-state index in [0.29, 0.717) is 6.54 Å². The number of unbranched alkanes of at least 4 members (excludes halogenated alkanes) is 3. The lowest BCUT2D eigenvalue weighted by atomic mass is 10.0. The Bertz CT molecular complexity index is 531. The van der Waals surface area contributed by atoms with E-state index in [1.165, 1.54) is 31.0 Å². The van der Waals surface area contributed by atoms with Crippen LogP contribution in [0.15, 0.2) is 9.59 Å². The second kappa shape index (κ2) is 7.87. The second-order valence-electron chi connectivity index (χ2n) is 5.64. The maximum atomic E-state index is 11.8. The van der Waals surface area contributed by atoms with Crippen LogP contribution in [-0.2, 0) is 14.1 Å². The van der Waals surface area contributed by atoms with Crippen molar-refractivity contribution in [2.24, 2.45) is 20.0 Å². The molecule has 6 nitrogen and oxygen atoms in total. The van der Waals surface area contributed by atoms with Gasteiger partial charge in [0, 0.05) is 20.6 Å². The third-order valence-corrected chi connectivity index (χ3v) is 3.32. The number of nitrogens with one attached hydrogen (secondary N) is 1. The molecule has 1 aromatic heterocycles. The van der Waals surface area contributed by atoms with E-state index in [-0.39, 0.29) is 11.4 Å². The smallest absolute Gasteiger partial charge is 0.346 e. The van der Waals surface area contributed by atoms with Crippen LogP contribution >= 0.6 is 0 Å². The van der Waals surface area contributed by atoms with Crippen molar-refractivity contribution in [2.75, 3.05) is 11.9 Å². The fourth-order valence-electron chi connectivity index (χ4n) is 2.05. The van der Waals surface area contributed by atoms with Crippen LogP contribution in [0.1, 0.15) is 46.0 Å². The lowest BCUT2D eigenvalue weighted by Gasteiger charge is -2.08. The van der Waals surface area contributed by atoms with Gasteiger partial charge in [0.05, 0.1) is 0 Å². The maximum Gasteiger partial charge on any atom is 0.346 e. The SMILES string of the molecule is CC(C)CCCCCCNc1nn(C)c(=O)n(C)c1=O. The van der Waals surface area contributed by atoms with Gasteiger partial charge in [0.1, 0.15) is 0 Å². The average molecular weight is 282 g/mol. The Morgan fingerprint density at radius 1 is 1.10 bits per heavy atom. The number of anilines is 1. The fraction of sp³-hybridized carbons (Fsp3) is 0.786. The molecule has 0 saturated heterocycles. The van der Waals surface area contributed by atoms with Gasteiger partial charge in [-0.15, -0.1) is 5.10 Å². The van der Waals surface area contributed by atoms with E-state index >= 15 is 0 Å². The van der Waals surface area contributed by atoms with Crippen LogP contribution in [0.25, 0.3) is 0 Å². The van der Waals surface area contributed by atoms with Crippen molar-refractivity contribution < 1.29 is 0 Å². The van der Waals surface area contributed by atoms with Gasteiger partial charge in [-0.3, -0.25) is 9.36 Å². The van der Waals surface area contributed by atoms with E-state index in [1.54, 1.807) is 7.05 Å². The summed E-state index contributed by atoms with van der Waals surface area (Å²) < 4.78 is 2.24. The Morgan fingerprint density at radius 3 is 2.40 bits per heavy atom. The first-order valence-electron chi connectivity index (χ1n) is 7.31. The fourth-order valence-corrected chi connectivity index (χ4v) is 2.05. The highest BCUT2D eigenvalue weighted by Gasteiger charge is 2.07. The van der Waals surface area contributed by atoms with E-state index in [4.69, 9.17) is 0 Å². The first-order chi connectivity index (χ1) is 9.43. The molecular formula is C14H26N4O2. The molecule has 0 bridgehead atoms. The molecule has 20 heavy (non-hydrogen) atoms. The van der Waals surface area contributed by atoms with Crippen molar-refractivity contribution in [1.82, 2.24) is 14.3 Å². The van der Waals surface area contributed by atoms with Crippen LogP contribution in [-0.4, -0.2) is 20.9 Å². The molecular weight excluding hydrogens is 256 g/mol. The van der Waals surface area contributed by atoms with Gasteiger partial charge in [0.2, 0.25) is 5.82 Å². The molecule has 1 rings (SSSR count). The zero-order valence-electron chi connectivity index (χ0n) is 13.0. The minimum atomic E-state index is -0.408. The first kappa shape index (κ1) is 16.5. The summed E-state index contributed by atoms with van der Waals surface area (Å²) in [6, 6.07) is 0. The molecule has 0 aliphatic rings. The summed E-state index contributed by atoms with van der Waals surface area (Å²) >= 11 is 0. The van der Waals surface area contributed by atoms with E-state index in [1.807, 2.05) is 0 Å². The Labute approximate surface area is 119 Å². The molecule has 6 heteroatoms. The van der Waals surface area contributed by atoms with Gasteiger partial charge in [-0.1, -0.05) is 39.5 Å². The summed E-state index contributed by atoms with van der Waals surface area (Å²) in [5.41, 5.74) is -0.776. The van der Waals surface area contributed by atoms with Crippen LogP contribution in [0.3, 0.4) is 0 Å². The van der Waals surface area contributed by atoms with Crippen molar-refractivity contribution >= 4 is 5.82 Å². The van der Waals surface area contributed by atoms with Gasteiger partial charge in [-0.05, 0) is 12.3 Å². The summed E-state index contributed by atoms with van der Waals surface area (Å²) in [6.07, 6.45) is 5.91. The van der Waals surface area contributed by atoms with E-state index in [9.17, 15) is 9.59 Å². The van der Waals surface area contributed by atoms with Crippen molar-refractivity contribution in [3.05, 3.63) is 20.8 Å². The Balaban J connectivity index is 2.36. The van der Waals surface area contributed by atoms with Gasteiger partial charge in [-0.25, -0.2) is 9.48 Å². The number of hydrogen-bond donors (Lipinski definition) is 1. The number of aryl methyl sites for hydroxylation is 1. The number of hydrogen-bond acceptors (Lipinski definition) is 4. The summed E-state index contributed by atoms with van der Waals surface area (Å²) in [6.45, 7) is 5.19. The van der Waals surface area contributed by atoms with E-state index < -0.39 is 5.69 Å². The third-order valence-electron chi connectivity index (χ3n) is 3.32. The average Bonchev–Trinajstić information content (AvgIpc) is 2.40. The molecule has 1 aromatic rings. The monoisotopic (exact) mass is 282 g/mol. The summed E-state index contributed by atoms with van der Waals surface area (Å²) in [4.78, 5) is 23.3. The zero-order valence-corrected chi connectivity index (χ0v) is 13.0. The van der Waals surface area contributed by atoms with Gasteiger partial charge >= 0.3 is 5.69 Å². The molecule has 0 spiro atoms. The highest BCUT2D eigenvalue weighted by molar-refractivity contribution is 5.29. The standard InChI is InChI=1S/C14H26N4O2/c1-11(2)9-7-5-6-8-10-15-12-13(19)17(3)14(20)18(4)16-12/h11H,5-10H2,1-4H3,(H,15,16). The van der Waals surface area contributed by atoms with Gasteiger partial charge in [0.25, 0.3) is 5.56 Å². The quantitative estimate of drug-likeness (QED) is 0.734. The topological polar surface area (TPSA) is 68.9 Å². The molecule has 0 atom stereocenters. The Hall–Kier alpha value is -1.59. The molecule has 114 valence electrons. The number of aromatic nitrogens is 3. The number of rotatable bonds is 8. The Kier molecular flexibility index (Phi) is 6.48. The second-order valence-corrected chi connectivity index (χ2v) is 5.64. The molecule has 1 heterocycles.